The molecule has 0 aliphatic rings. The Balaban J connectivity index is 3.72. The average molecular weight is 230 g/mol. The minimum absolute atomic E-state index is 0.00604. The summed E-state index contributed by atoms with van der Waals surface area (Å²) >= 11 is 0. The third-order valence-electron chi connectivity index (χ3n) is 2.84. The van der Waals surface area contributed by atoms with Gasteiger partial charge in [-0.25, -0.2) is 0 Å². The van der Waals surface area contributed by atoms with Crippen LogP contribution in [0.1, 0.15) is 47.0 Å². The summed E-state index contributed by atoms with van der Waals surface area (Å²) in [7, 11) is 0. The molecule has 3 N–H and O–H groups in total. The number of rotatable bonds is 8. The molecule has 0 aliphatic carbocycles. The van der Waals surface area contributed by atoms with Crippen LogP contribution in [-0.4, -0.2) is 35.7 Å². The monoisotopic (exact) mass is 230 g/mol. The van der Waals surface area contributed by atoms with Gasteiger partial charge in [-0.05, 0) is 12.8 Å². The number of hydrogen-bond acceptors (Lipinski definition) is 3. The molecule has 0 aliphatic heterocycles. The zero-order chi connectivity index (χ0) is 12.6. The fraction of sp³-hybridized carbons (Fsp3) is 0.917. The first kappa shape index (κ1) is 15.4. The lowest BCUT2D eigenvalue weighted by atomic mass is 9.97. The molecule has 4 nitrogen and oxygen atoms in total. The van der Waals surface area contributed by atoms with Crippen LogP contribution >= 0.6 is 0 Å². The van der Waals surface area contributed by atoms with Gasteiger partial charge in [-0.2, -0.15) is 0 Å². The smallest absolute Gasteiger partial charge is 0.221 e. The molecule has 0 aromatic rings. The lowest BCUT2D eigenvalue weighted by molar-refractivity contribution is -0.122. The van der Waals surface area contributed by atoms with Crippen molar-refractivity contribution in [3.8, 4) is 0 Å². The zero-order valence-electron chi connectivity index (χ0n) is 11.0. The summed E-state index contributed by atoms with van der Waals surface area (Å²) in [6.07, 6.45) is 1.78. The van der Waals surface area contributed by atoms with E-state index in [1.54, 1.807) is 0 Å². The minimum Gasteiger partial charge on any atom is -0.388 e. The first-order chi connectivity index (χ1) is 7.43. The molecular weight excluding hydrogens is 204 g/mol. The van der Waals surface area contributed by atoms with E-state index in [4.69, 9.17) is 0 Å². The van der Waals surface area contributed by atoms with Crippen molar-refractivity contribution in [1.82, 2.24) is 10.6 Å². The second-order valence-electron chi connectivity index (χ2n) is 4.57. The van der Waals surface area contributed by atoms with Crippen LogP contribution < -0.4 is 10.6 Å². The fourth-order valence-electron chi connectivity index (χ4n) is 1.33. The van der Waals surface area contributed by atoms with E-state index in [0.717, 1.165) is 0 Å². The average Bonchev–Trinajstić information content (AvgIpc) is 2.25. The Morgan fingerprint density at radius 3 is 2.31 bits per heavy atom. The topological polar surface area (TPSA) is 61.4 Å². The van der Waals surface area contributed by atoms with E-state index >= 15 is 0 Å². The van der Waals surface area contributed by atoms with Crippen molar-refractivity contribution in [2.75, 3.05) is 13.1 Å². The molecule has 0 aromatic carbocycles. The van der Waals surface area contributed by atoms with E-state index in [1.807, 2.05) is 27.7 Å². The minimum atomic E-state index is -0.749. The van der Waals surface area contributed by atoms with Crippen LogP contribution in [0, 0.1) is 0 Å². The van der Waals surface area contributed by atoms with Crippen LogP contribution in [0.15, 0.2) is 0 Å². The zero-order valence-corrected chi connectivity index (χ0v) is 11.0. The number of carbonyl (C=O) groups excluding carboxylic acids is 1. The number of nitrogens with one attached hydrogen (secondary N) is 2. The summed E-state index contributed by atoms with van der Waals surface area (Å²) in [5.41, 5.74) is -0.749. The summed E-state index contributed by atoms with van der Waals surface area (Å²) in [4.78, 5) is 11.4. The van der Waals surface area contributed by atoms with E-state index in [2.05, 4.69) is 10.6 Å². The molecule has 0 unspecified atom stereocenters. The Kier molecular flexibility index (Phi) is 7.34. The van der Waals surface area contributed by atoms with Gasteiger partial charge in [0.1, 0.15) is 0 Å². The molecule has 1 amide bonds. The van der Waals surface area contributed by atoms with Gasteiger partial charge in [-0.3, -0.25) is 4.79 Å². The molecule has 96 valence electrons. The predicted octanol–water partition coefficient (Wildman–Crippen LogP) is 1.04. The maximum absolute atomic E-state index is 11.4. The van der Waals surface area contributed by atoms with Gasteiger partial charge in [0, 0.05) is 25.6 Å². The second-order valence-corrected chi connectivity index (χ2v) is 4.57. The molecule has 0 fully saturated rings. The van der Waals surface area contributed by atoms with E-state index in [-0.39, 0.29) is 5.91 Å². The number of aliphatic hydroxyl groups is 1. The summed E-state index contributed by atoms with van der Waals surface area (Å²) < 4.78 is 0. The van der Waals surface area contributed by atoms with Crippen LogP contribution in [0.5, 0.6) is 0 Å². The second kappa shape index (κ2) is 7.63. The molecule has 0 spiro atoms. The van der Waals surface area contributed by atoms with Crippen molar-refractivity contribution in [3.63, 3.8) is 0 Å². The molecule has 0 heterocycles. The highest BCUT2D eigenvalue weighted by molar-refractivity contribution is 5.76. The maximum atomic E-state index is 11.4. The quantitative estimate of drug-likeness (QED) is 0.584. The first-order valence-corrected chi connectivity index (χ1v) is 6.16. The van der Waals surface area contributed by atoms with Gasteiger partial charge in [0.2, 0.25) is 5.91 Å². The maximum Gasteiger partial charge on any atom is 0.221 e. The van der Waals surface area contributed by atoms with Crippen molar-refractivity contribution in [3.05, 3.63) is 0 Å². The number of amides is 1. The molecule has 0 aromatic heterocycles. The van der Waals surface area contributed by atoms with Gasteiger partial charge in [0.15, 0.2) is 0 Å². The van der Waals surface area contributed by atoms with Crippen LogP contribution in [-0.2, 0) is 4.79 Å². The van der Waals surface area contributed by atoms with E-state index in [0.29, 0.717) is 38.4 Å². The molecule has 0 saturated heterocycles. The van der Waals surface area contributed by atoms with Gasteiger partial charge in [-0.15, -0.1) is 0 Å². The SMILES string of the molecule is CCC(O)(CC)CNC(=O)CCNC(C)C. The highest BCUT2D eigenvalue weighted by Crippen LogP contribution is 2.12. The Morgan fingerprint density at radius 2 is 1.88 bits per heavy atom. The number of carbonyl (C=O) groups is 1. The van der Waals surface area contributed by atoms with Crippen molar-refractivity contribution in [1.29, 1.82) is 0 Å². The van der Waals surface area contributed by atoms with Gasteiger partial charge < -0.3 is 15.7 Å². The van der Waals surface area contributed by atoms with Gasteiger partial charge in [0.25, 0.3) is 0 Å². The normalized spacial score (nSPS) is 11.9. The summed E-state index contributed by atoms with van der Waals surface area (Å²) in [5, 5.41) is 15.9. The van der Waals surface area contributed by atoms with Crippen LogP contribution in [0.4, 0.5) is 0 Å². The first-order valence-electron chi connectivity index (χ1n) is 6.16. The highest BCUT2D eigenvalue weighted by atomic mass is 16.3. The predicted molar refractivity (Wildman–Crippen MR) is 66.3 cm³/mol. The van der Waals surface area contributed by atoms with E-state index in [1.165, 1.54) is 0 Å². The lowest BCUT2D eigenvalue weighted by Crippen LogP contribution is -2.42. The molecule has 4 heteroatoms. The Bertz CT molecular complexity index is 201. The molecule has 16 heavy (non-hydrogen) atoms. The largest absolute Gasteiger partial charge is 0.388 e. The lowest BCUT2D eigenvalue weighted by Gasteiger charge is -2.25. The van der Waals surface area contributed by atoms with E-state index in [9.17, 15) is 9.90 Å². The molecule has 0 saturated carbocycles. The fourth-order valence-corrected chi connectivity index (χ4v) is 1.33. The molecule has 0 radical (unpaired) electrons. The standard InChI is InChI=1S/C12H26N2O2/c1-5-12(16,6-2)9-14-11(15)7-8-13-10(3)4/h10,13,16H,5-9H2,1-4H3,(H,14,15). The van der Waals surface area contributed by atoms with Crippen molar-refractivity contribution < 1.29 is 9.90 Å². The van der Waals surface area contributed by atoms with Crippen molar-refractivity contribution >= 4 is 5.91 Å². The van der Waals surface area contributed by atoms with E-state index < -0.39 is 5.60 Å². The third-order valence-corrected chi connectivity index (χ3v) is 2.84. The molecule has 0 rings (SSSR count). The summed E-state index contributed by atoms with van der Waals surface area (Å²) in [6.45, 7) is 8.97. The molecule has 0 atom stereocenters. The summed E-state index contributed by atoms with van der Waals surface area (Å²) in [5.74, 6) is -0.00604. The van der Waals surface area contributed by atoms with Crippen molar-refractivity contribution in [2.24, 2.45) is 0 Å². The number of hydrogen-bond donors (Lipinski definition) is 3. The van der Waals surface area contributed by atoms with Crippen molar-refractivity contribution in [2.45, 2.75) is 58.6 Å². The third kappa shape index (κ3) is 6.80. The Labute approximate surface area is 98.8 Å². The summed E-state index contributed by atoms with van der Waals surface area (Å²) in [6, 6.07) is 0.399. The van der Waals surface area contributed by atoms with Crippen LogP contribution in [0.2, 0.25) is 0 Å². The van der Waals surface area contributed by atoms with Gasteiger partial charge >= 0.3 is 0 Å². The molecular formula is C12H26N2O2. The highest BCUT2D eigenvalue weighted by Gasteiger charge is 2.22. The van der Waals surface area contributed by atoms with Gasteiger partial charge in [-0.1, -0.05) is 27.7 Å². The Morgan fingerprint density at radius 1 is 1.31 bits per heavy atom. The van der Waals surface area contributed by atoms with Crippen LogP contribution in [0.3, 0.4) is 0 Å². The molecule has 0 bridgehead atoms. The van der Waals surface area contributed by atoms with Gasteiger partial charge in [0.05, 0.1) is 5.60 Å². The Hall–Kier alpha value is -0.610. The van der Waals surface area contributed by atoms with Crippen LogP contribution in [0.25, 0.3) is 0 Å².